The molecule has 0 aliphatic carbocycles. The molecule has 0 heterocycles. The van der Waals surface area contributed by atoms with E-state index in [2.05, 4.69) is 5.32 Å². The first-order valence-electron chi connectivity index (χ1n) is 8.83. The second kappa shape index (κ2) is 10.1. The summed E-state index contributed by atoms with van der Waals surface area (Å²) in [4.78, 5) is 35.5. The van der Waals surface area contributed by atoms with Crippen LogP contribution >= 0.6 is 0 Å². The van der Waals surface area contributed by atoms with Crippen molar-refractivity contribution >= 4 is 17.6 Å². The summed E-state index contributed by atoms with van der Waals surface area (Å²) in [6, 6.07) is 10.5. The molecule has 1 atom stereocenters. The van der Waals surface area contributed by atoms with Gasteiger partial charge in [0.15, 0.2) is 11.5 Å². The molecule has 0 radical (unpaired) electrons. The Labute approximate surface area is 167 Å². The quantitative estimate of drug-likeness (QED) is 0.389. The number of hydrogen-bond donors (Lipinski definition) is 1. The molecule has 0 aromatic heterocycles. The molecule has 0 aliphatic rings. The third kappa shape index (κ3) is 5.44. The van der Waals surface area contributed by atoms with Crippen LogP contribution in [0.1, 0.15) is 35.3 Å². The second-order valence-corrected chi connectivity index (χ2v) is 5.93. The van der Waals surface area contributed by atoms with Gasteiger partial charge in [-0.1, -0.05) is 30.3 Å². The van der Waals surface area contributed by atoms with Crippen molar-refractivity contribution in [3.8, 4) is 11.5 Å². The highest BCUT2D eigenvalue weighted by molar-refractivity contribution is 5.99. The van der Waals surface area contributed by atoms with E-state index in [1.165, 1.54) is 20.3 Å². The Morgan fingerprint density at radius 2 is 1.83 bits per heavy atom. The Morgan fingerprint density at radius 3 is 2.38 bits per heavy atom. The second-order valence-electron chi connectivity index (χ2n) is 5.93. The maximum absolute atomic E-state index is 12.9. The van der Waals surface area contributed by atoms with Crippen LogP contribution in [0.4, 0.5) is 5.69 Å². The van der Waals surface area contributed by atoms with E-state index in [9.17, 15) is 19.7 Å². The summed E-state index contributed by atoms with van der Waals surface area (Å²) >= 11 is 0. The number of benzene rings is 2. The van der Waals surface area contributed by atoms with Crippen LogP contribution in [0.3, 0.4) is 0 Å². The molecule has 2 rings (SSSR count). The summed E-state index contributed by atoms with van der Waals surface area (Å²) in [5.41, 5.74) is 0.0187. The van der Waals surface area contributed by atoms with Crippen LogP contribution in [-0.2, 0) is 9.53 Å². The average molecular weight is 402 g/mol. The fourth-order valence-electron chi connectivity index (χ4n) is 2.73. The SMILES string of the molecule is CCOc1cc(C(=O)NC(CC(=O)OC)c2ccccc2)c([N+](=O)[O-])cc1OC. The maximum Gasteiger partial charge on any atom is 0.307 e. The Hall–Kier alpha value is -3.62. The molecule has 1 unspecified atom stereocenters. The summed E-state index contributed by atoms with van der Waals surface area (Å²) in [6.07, 6.45) is -0.130. The van der Waals surface area contributed by atoms with Crippen LogP contribution in [0, 0.1) is 10.1 Å². The van der Waals surface area contributed by atoms with E-state index >= 15 is 0 Å². The fraction of sp³-hybridized carbons (Fsp3) is 0.300. The molecule has 9 nitrogen and oxygen atoms in total. The normalized spacial score (nSPS) is 11.3. The zero-order chi connectivity index (χ0) is 21.4. The van der Waals surface area contributed by atoms with E-state index in [1.807, 2.05) is 0 Å². The number of hydrogen-bond acceptors (Lipinski definition) is 7. The number of carbonyl (C=O) groups is 2. The van der Waals surface area contributed by atoms with Crippen molar-refractivity contribution in [2.24, 2.45) is 0 Å². The lowest BCUT2D eigenvalue weighted by Gasteiger charge is -2.19. The summed E-state index contributed by atoms with van der Waals surface area (Å²) in [7, 11) is 2.60. The summed E-state index contributed by atoms with van der Waals surface area (Å²) in [5, 5.41) is 14.2. The Kier molecular flexibility index (Phi) is 7.53. The summed E-state index contributed by atoms with van der Waals surface area (Å²) in [6.45, 7) is 2.02. The molecule has 1 N–H and O–H groups in total. The molecule has 0 saturated carbocycles. The first-order valence-corrected chi connectivity index (χ1v) is 8.83. The lowest BCUT2D eigenvalue weighted by Crippen LogP contribution is -2.31. The van der Waals surface area contributed by atoms with E-state index in [0.717, 1.165) is 6.07 Å². The molecule has 2 aromatic carbocycles. The first-order chi connectivity index (χ1) is 13.9. The van der Waals surface area contributed by atoms with Crippen molar-refractivity contribution < 1.29 is 28.7 Å². The lowest BCUT2D eigenvalue weighted by atomic mass is 10.0. The van der Waals surface area contributed by atoms with Gasteiger partial charge < -0.3 is 19.5 Å². The lowest BCUT2D eigenvalue weighted by molar-refractivity contribution is -0.385. The molecular weight excluding hydrogens is 380 g/mol. The number of nitrogens with zero attached hydrogens (tertiary/aromatic N) is 1. The van der Waals surface area contributed by atoms with Crippen molar-refractivity contribution in [3.63, 3.8) is 0 Å². The van der Waals surface area contributed by atoms with E-state index in [4.69, 9.17) is 14.2 Å². The standard InChI is InChI=1S/C20H22N2O7/c1-4-29-18-10-14(16(22(25)26)12-17(18)27-2)20(24)21-15(11-19(23)28-3)13-8-6-5-7-9-13/h5-10,12,15H,4,11H2,1-3H3,(H,21,24). The van der Waals surface area contributed by atoms with Gasteiger partial charge in [0, 0.05) is 6.07 Å². The largest absolute Gasteiger partial charge is 0.493 e. The van der Waals surface area contributed by atoms with Gasteiger partial charge in [-0.25, -0.2) is 0 Å². The topological polar surface area (TPSA) is 117 Å². The van der Waals surface area contributed by atoms with Crippen molar-refractivity contribution in [2.45, 2.75) is 19.4 Å². The predicted molar refractivity (Wildman–Crippen MR) is 104 cm³/mol. The van der Waals surface area contributed by atoms with Gasteiger partial charge in [0.05, 0.1) is 44.3 Å². The van der Waals surface area contributed by atoms with Crippen LogP contribution in [0.2, 0.25) is 0 Å². The highest BCUT2D eigenvalue weighted by atomic mass is 16.6. The van der Waals surface area contributed by atoms with Gasteiger partial charge in [0.1, 0.15) is 5.56 Å². The molecule has 154 valence electrons. The number of amides is 1. The summed E-state index contributed by atoms with van der Waals surface area (Å²) < 4.78 is 15.2. The van der Waals surface area contributed by atoms with Gasteiger partial charge in [-0.3, -0.25) is 19.7 Å². The number of rotatable bonds is 9. The highest BCUT2D eigenvalue weighted by Gasteiger charge is 2.27. The van der Waals surface area contributed by atoms with Crippen molar-refractivity contribution in [1.82, 2.24) is 5.32 Å². The maximum atomic E-state index is 12.9. The summed E-state index contributed by atoms with van der Waals surface area (Å²) in [5.74, 6) is -0.907. The zero-order valence-corrected chi connectivity index (χ0v) is 16.3. The molecule has 2 aromatic rings. The number of nitro groups is 1. The van der Waals surface area contributed by atoms with E-state index in [1.54, 1.807) is 37.3 Å². The Morgan fingerprint density at radius 1 is 1.14 bits per heavy atom. The monoisotopic (exact) mass is 402 g/mol. The van der Waals surface area contributed by atoms with Crippen molar-refractivity contribution in [2.75, 3.05) is 20.8 Å². The van der Waals surface area contributed by atoms with Crippen LogP contribution in [0.5, 0.6) is 11.5 Å². The van der Waals surface area contributed by atoms with E-state index in [-0.39, 0.29) is 30.1 Å². The number of nitrogens with one attached hydrogen (secondary N) is 1. The highest BCUT2D eigenvalue weighted by Crippen LogP contribution is 2.35. The van der Waals surface area contributed by atoms with Crippen molar-refractivity contribution in [3.05, 3.63) is 63.7 Å². The van der Waals surface area contributed by atoms with Gasteiger partial charge in [0.2, 0.25) is 0 Å². The number of carbonyl (C=O) groups excluding carboxylic acids is 2. The van der Waals surface area contributed by atoms with Crippen LogP contribution in [0.15, 0.2) is 42.5 Å². The predicted octanol–water partition coefficient (Wildman–Crippen LogP) is 3.04. The van der Waals surface area contributed by atoms with Gasteiger partial charge in [-0.2, -0.15) is 0 Å². The molecule has 0 saturated heterocycles. The van der Waals surface area contributed by atoms with E-state index < -0.39 is 28.5 Å². The minimum absolute atomic E-state index is 0.130. The molecule has 0 fully saturated rings. The molecule has 0 bridgehead atoms. The Balaban J connectivity index is 2.43. The number of methoxy groups -OCH3 is 2. The smallest absolute Gasteiger partial charge is 0.307 e. The van der Waals surface area contributed by atoms with E-state index in [0.29, 0.717) is 5.56 Å². The van der Waals surface area contributed by atoms with Gasteiger partial charge >= 0.3 is 5.97 Å². The molecule has 1 amide bonds. The van der Waals surface area contributed by atoms with Crippen LogP contribution in [0.25, 0.3) is 0 Å². The molecule has 0 spiro atoms. The van der Waals surface area contributed by atoms with Crippen molar-refractivity contribution in [1.29, 1.82) is 0 Å². The minimum Gasteiger partial charge on any atom is -0.493 e. The number of esters is 1. The molecule has 0 aliphatic heterocycles. The van der Waals surface area contributed by atoms with Gasteiger partial charge in [-0.15, -0.1) is 0 Å². The minimum atomic E-state index is -0.728. The van der Waals surface area contributed by atoms with Crippen LogP contribution < -0.4 is 14.8 Å². The zero-order valence-electron chi connectivity index (χ0n) is 16.3. The number of ether oxygens (including phenoxy) is 3. The van der Waals surface area contributed by atoms with Crippen LogP contribution in [-0.4, -0.2) is 37.6 Å². The van der Waals surface area contributed by atoms with Gasteiger partial charge in [0.25, 0.3) is 11.6 Å². The fourth-order valence-corrected chi connectivity index (χ4v) is 2.73. The molecular formula is C20H22N2O7. The average Bonchev–Trinajstić information content (AvgIpc) is 2.73. The third-order valence-electron chi connectivity index (χ3n) is 4.13. The molecule has 9 heteroatoms. The number of nitro benzene ring substituents is 1. The molecule has 29 heavy (non-hydrogen) atoms. The Bertz CT molecular complexity index is 884. The van der Waals surface area contributed by atoms with Gasteiger partial charge in [-0.05, 0) is 12.5 Å². The first kappa shape index (κ1) is 21.7. The third-order valence-corrected chi connectivity index (χ3v) is 4.13.